The lowest BCUT2D eigenvalue weighted by Gasteiger charge is -2.27. The number of carbonyl (C=O) groups is 1. The van der Waals surface area contributed by atoms with Crippen LogP contribution in [-0.4, -0.2) is 72.4 Å². The molecule has 9 heteroatoms. The maximum Gasteiger partial charge on any atom is 0.340 e. The Labute approximate surface area is 186 Å². The van der Waals surface area contributed by atoms with Crippen molar-refractivity contribution in [2.75, 3.05) is 47.0 Å². The first-order valence-corrected chi connectivity index (χ1v) is 10.3. The third-order valence-electron chi connectivity index (χ3n) is 5.07. The molecule has 2 heterocycles. The standard InChI is InChI=1S/C20H28BrN3O4.ClH/c1-5-28-20(26)18-16(12-24-6-8-27-9-7-24)23(4)15-10-14(21)19(25)13(17(15)18)11-22(2)3;/h10,25H,5-9,11-12H2,1-4H3;1H. The van der Waals surface area contributed by atoms with Crippen LogP contribution in [0.2, 0.25) is 0 Å². The van der Waals surface area contributed by atoms with Gasteiger partial charge in [0.15, 0.2) is 0 Å². The van der Waals surface area contributed by atoms with Crippen molar-refractivity contribution in [2.45, 2.75) is 20.0 Å². The first-order valence-electron chi connectivity index (χ1n) is 9.48. The maximum atomic E-state index is 13.0. The van der Waals surface area contributed by atoms with E-state index in [0.717, 1.165) is 35.2 Å². The van der Waals surface area contributed by atoms with Crippen molar-refractivity contribution in [1.82, 2.24) is 14.4 Å². The van der Waals surface area contributed by atoms with Gasteiger partial charge in [0.25, 0.3) is 0 Å². The van der Waals surface area contributed by atoms with Gasteiger partial charge in [0, 0.05) is 49.9 Å². The predicted molar refractivity (Wildman–Crippen MR) is 119 cm³/mol. The minimum absolute atomic E-state index is 0. The van der Waals surface area contributed by atoms with E-state index in [1.807, 2.05) is 36.7 Å². The SMILES string of the molecule is CCOC(=O)c1c(CN2CCOCC2)n(C)c2cc(Br)c(O)c(CN(C)C)c12.Cl. The van der Waals surface area contributed by atoms with Crippen LogP contribution in [-0.2, 0) is 29.6 Å². The van der Waals surface area contributed by atoms with E-state index in [9.17, 15) is 9.90 Å². The smallest absolute Gasteiger partial charge is 0.340 e. The minimum Gasteiger partial charge on any atom is -0.506 e. The Balaban J connectivity index is 0.00000300. The maximum absolute atomic E-state index is 13.0. The quantitative estimate of drug-likeness (QED) is 0.628. The Kier molecular flexibility index (Phi) is 8.37. The number of aryl methyl sites for hydroxylation is 1. The Morgan fingerprint density at radius 3 is 2.59 bits per heavy atom. The van der Waals surface area contributed by atoms with Crippen LogP contribution in [0.1, 0.15) is 28.5 Å². The van der Waals surface area contributed by atoms with Crippen molar-refractivity contribution in [3.63, 3.8) is 0 Å². The van der Waals surface area contributed by atoms with Gasteiger partial charge >= 0.3 is 5.97 Å². The van der Waals surface area contributed by atoms with Gasteiger partial charge in [0.05, 0.1) is 35.4 Å². The van der Waals surface area contributed by atoms with Gasteiger partial charge in [-0.25, -0.2) is 4.79 Å². The number of fused-ring (bicyclic) bond motifs is 1. The molecule has 0 radical (unpaired) electrons. The molecule has 0 spiro atoms. The topological polar surface area (TPSA) is 67.2 Å². The second-order valence-corrected chi connectivity index (χ2v) is 8.16. The molecule has 29 heavy (non-hydrogen) atoms. The Morgan fingerprint density at radius 2 is 2.00 bits per heavy atom. The number of benzene rings is 1. The third-order valence-corrected chi connectivity index (χ3v) is 5.67. The van der Waals surface area contributed by atoms with Crippen LogP contribution < -0.4 is 0 Å². The molecule has 0 bridgehead atoms. The number of aromatic nitrogens is 1. The van der Waals surface area contributed by atoms with E-state index in [1.54, 1.807) is 6.92 Å². The van der Waals surface area contributed by atoms with E-state index in [1.165, 1.54) is 0 Å². The van der Waals surface area contributed by atoms with Crippen LogP contribution in [0.25, 0.3) is 10.9 Å². The summed E-state index contributed by atoms with van der Waals surface area (Å²) in [5.74, 6) is -0.187. The average molecular weight is 491 g/mol. The van der Waals surface area contributed by atoms with Crippen LogP contribution >= 0.6 is 28.3 Å². The molecule has 1 aromatic carbocycles. The van der Waals surface area contributed by atoms with E-state index in [2.05, 4.69) is 20.8 Å². The summed E-state index contributed by atoms with van der Waals surface area (Å²) in [6.07, 6.45) is 0. The molecule has 0 saturated carbocycles. The number of phenolic OH excluding ortho intramolecular Hbond substituents is 1. The lowest BCUT2D eigenvalue weighted by molar-refractivity contribution is 0.0328. The Morgan fingerprint density at radius 1 is 1.34 bits per heavy atom. The molecule has 1 aliphatic rings. The summed E-state index contributed by atoms with van der Waals surface area (Å²) in [4.78, 5) is 17.2. The van der Waals surface area contributed by atoms with Gasteiger partial charge in [-0.2, -0.15) is 0 Å². The largest absolute Gasteiger partial charge is 0.506 e. The highest BCUT2D eigenvalue weighted by Crippen LogP contribution is 2.40. The number of rotatable bonds is 6. The Hall–Kier alpha value is -1.32. The summed E-state index contributed by atoms with van der Waals surface area (Å²) in [6, 6.07) is 1.87. The van der Waals surface area contributed by atoms with Crippen molar-refractivity contribution in [3.05, 3.63) is 27.4 Å². The third kappa shape index (κ3) is 4.88. The van der Waals surface area contributed by atoms with Crippen LogP contribution in [0.15, 0.2) is 10.5 Å². The molecule has 162 valence electrons. The molecule has 0 atom stereocenters. The molecule has 1 aliphatic heterocycles. The first-order chi connectivity index (χ1) is 13.3. The number of morpholine rings is 1. The second-order valence-electron chi connectivity index (χ2n) is 7.31. The number of phenols is 1. The highest BCUT2D eigenvalue weighted by atomic mass is 79.9. The fourth-order valence-corrected chi connectivity index (χ4v) is 4.18. The number of carbonyl (C=O) groups excluding carboxylic acids is 1. The van der Waals surface area contributed by atoms with Gasteiger partial charge in [-0.05, 0) is 43.0 Å². The molecule has 7 nitrogen and oxygen atoms in total. The monoisotopic (exact) mass is 489 g/mol. The molecule has 1 aromatic heterocycles. The van der Waals surface area contributed by atoms with Crippen molar-refractivity contribution in [2.24, 2.45) is 7.05 Å². The molecule has 2 aromatic rings. The zero-order valence-corrected chi connectivity index (χ0v) is 19.7. The highest BCUT2D eigenvalue weighted by molar-refractivity contribution is 9.10. The fourth-order valence-electron chi connectivity index (χ4n) is 3.73. The zero-order chi connectivity index (χ0) is 20.4. The normalized spacial score (nSPS) is 15.0. The fraction of sp³-hybridized carbons (Fsp3) is 0.550. The van der Waals surface area contributed by atoms with Crippen LogP contribution in [0.5, 0.6) is 5.75 Å². The number of hydrogen-bond donors (Lipinski definition) is 1. The van der Waals surface area contributed by atoms with E-state index >= 15 is 0 Å². The van der Waals surface area contributed by atoms with E-state index in [-0.39, 0.29) is 24.1 Å². The molecule has 0 amide bonds. The van der Waals surface area contributed by atoms with Gasteiger partial charge in [-0.15, -0.1) is 12.4 Å². The number of esters is 1. The lowest BCUT2D eigenvalue weighted by atomic mass is 10.0. The molecular formula is C20H29BrClN3O4. The van der Waals surface area contributed by atoms with E-state index < -0.39 is 0 Å². The van der Waals surface area contributed by atoms with E-state index in [0.29, 0.717) is 42.9 Å². The van der Waals surface area contributed by atoms with Crippen molar-refractivity contribution in [3.8, 4) is 5.75 Å². The number of hydrogen-bond acceptors (Lipinski definition) is 6. The van der Waals surface area contributed by atoms with Crippen LogP contribution in [0, 0.1) is 0 Å². The minimum atomic E-state index is -0.349. The number of ether oxygens (including phenoxy) is 2. The summed E-state index contributed by atoms with van der Waals surface area (Å²) < 4.78 is 13.5. The number of halogens is 2. The zero-order valence-electron chi connectivity index (χ0n) is 17.3. The summed E-state index contributed by atoms with van der Waals surface area (Å²) >= 11 is 3.47. The van der Waals surface area contributed by atoms with Gasteiger partial charge in [-0.1, -0.05) is 0 Å². The van der Waals surface area contributed by atoms with Crippen molar-refractivity contribution < 1.29 is 19.4 Å². The van der Waals surface area contributed by atoms with Crippen molar-refractivity contribution in [1.29, 1.82) is 0 Å². The Bertz CT molecular complexity index is 879. The second kappa shape index (κ2) is 10.1. The van der Waals surface area contributed by atoms with Gasteiger partial charge in [0.2, 0.25) is 0 Å². The van der Waals surface area contributed by atoms with Crippen LogP contribution in [0.3, 0.4) is 0 Å². The van der Waals surface area contributed by atoms with E-state index in [4.69, 9.17) is 9.47 Å². The molecule has 3 rings (SSSR count). The molecule has 1 fully saturated rings. The van der Waals surface area contributed by atoms with Gasteiger partial charge < -0.3 is 24.0 Å². The predicted octanol–water partition coefficient (Wildman–Crippen LogP) is 3.14. The molecule has 1 saturated heterocycles. The number of nitrogens with zero attached hydrogens (tertiary/aromatic N) is 3. The molecule has 0 unspecified atom stereocenters. The van der Waals surface area contributed by atoms with Crippen LogP contribution in [0.4, 0.5) is 0 Å². The first kappa shape index (κ1) is 24.0. The highest BCUT2D eigenvalue weighted by Gasteiger charge is 2.28. The summed E-state index contributed by atoms with van der Waals surface area (Å²) in [7, 11) is 5.84. The molecular weight excluding hydrogens is 462 g/mol. The molecule has 1 N–H and O–H groups in total. The van der Waals surface area contributed by atoms with Crippen molar-refractivity contribution >= 4 is 45.2 Å². The summed E-state index contributed by atoms with van der Waals surface area (Å²) in [5, 5.41) is 11.5. The number of aromatic hydroxyl groups is 1. The summed E-state index contributed by atoms with van der Waals surface area (Å²) in [5.41, 5.74) is 3.06. The average Bonchev–Trinajstić information content (AvgIpc) is 2.92. The lowest BCUT2D eigenvalue weighted by Crippen LogP contribution is -2.36. The molecule has 0 aliphatic carbocycles. The van der Waals surface area contributed by atoms with Gasteiger partial charge in [-0.3, -0.25) is 4.90 Å². The van der Waals surface area contributed by atoms with Gasteiger partial charge in [0.1, 0.15) is 5.75 Å². The summed E-state index contributed by atoms with van der Waals surface area (Å²) in [6.45, 7) is 6.27.